The first-order valence-corrected chi connectivity index (χ1v) is 13.2. The molecule has 0 radical (unpaired) electrons. The molecule has 2 aromatic carbocycles. The molecule has 0 saturated carbocycles. The van der Waals surface area contributed by atoms with Crippen molar-refractivity contribution in [3.8, 4) is 0 Å². The largest absolute Gasteiger partial charge is 0.444 e. The summed E-state index contributed by atoms with van der Waals surface area (Å²) in [5.74, 6) is 0. The van der Waals surface area contributed by atoms with Crippen LogP contribution < -0.4 is 5.32 Å². The standard InChI is InChI=1S/C27H31F3N2O6S/c1-26(2,3)38-25(34)32-24-31-18-19(35-14-16-10-6-4-7-11-16)20(36-15-17-12-8-5-9-13-17)21(37-23(18)39-24)22(33)27(28,29)30/h4-13,18-23,33H,14-15H2,1-3H3,(H,31,32,34). The molecule has 212 valence electrons. The van der Waals surface area contributed by atoms with Crippen LogP contribution in [0.2, 0.25) is 0 Å². The van der Waals surface area contributed by atoms with Crippen LogP contribution in [-0.4, -0.2) is 64.0 Å². The van der Waals surface area contributed by atoms with E-state index in [4.69, 9.17) is 18.9 Å². The third-order valence-corrected chi connectivity index (χ3v) is 6.93. The second-order valence-electron chi connectivity index (χ2n) is 10.1. The summed E-state index contributed by atoms with van der Waals surface area (Å²) in [4.78, 5) is 16.8. The molecule has 1 amide bonds. The molecule has 0 aromatic heterocycles. The van der Waals surface area contributed by atoms with Crippen molar-refractivity contribution in [2.45, 2.75) is 81.7 Å². The number of alkyl carbamates (subject to hydrolysis) is 1. The van der Waals surface area contributed by atoms with Gasteiger partial charge in [-0.3, -0.25) is 10.3 Å². The minimum atomic E-state index is -4.97. The number of rotatable bonds is 7. The number of benzene rings is 2. The van der Waals surface area contributed by atoms with Gasteiger partial charge in [0.2, 0.25) is 0 Å². The number of ether oxygens (including phenoxy) is 4. The highest BCUT2D eigenvalue weighted by atomic mass is 32.2. The Morgan fingerprint density at radius 2 is 1.54 bits per heavy atom. The van der Waals surface area contributed by atoms with Gasteiger partial charge < -0.3 is 24.1 Å². The Kier molecular flexibility index (Phi) is 9.22. The molecule has 2 aromatic rings. The Morgan fingerprint density at radius 3 is 2.05 bits per heavy atom. The number of nitrogens with zero attached hydrogens (tertiary/aromatic N) is 1. The second kappa shape index (κ2) is 12.3. The Labute approximate surface area is 228 Å². The van der Waals surface area contributed by atoms with E-state index in [9.17, 15) is 23.1 Å². The van der Waals surface area contributed by atoms with Crippen LogP contribution in [0.5, 0.6) is 0 Å². The quantitative estimate of drug-likeness (QED) is 0.495. The zero-order valence-corrected chi connectivity index (χ0v) is 22.4. The van der Waals surface area contributed by atoms with Gasteiger partial charge in [0.15, 0.2) is 11.3 Å². The van der Waals surface area contributed by atoms with Crippen molar-refractivity contribution in [1.82, 2.24) is 5.32 Å². The smallest absolute Gasteiger partial charge is 0.417 e. The third-order valence-electron chi connectivity index (χ3n) is 5.87. The number of amidine groups is 1. The number of hydrogen-bond donors (Lipinski definition) is 2. The first-order valence-electron chi connectivity index (χ1n) is 12.4. The van der Waals surface area contributed by atoms with Crippen LogP contribution >= 0.6 is 11.8 Å². The maximum atomic E-state index is 13.8. The number of amides is 1. The average molecular weight is 569 g/mol. The summed E-state index contributed by atoms with van der Waals surface area (Å²) in [5, 5.41) is 12.9. The number of nitrogens with one attached hydrogen (secondary N) is 1. The van der Waals surface area contributed by atoms with Gasteiger partial charge in [-0.1, -0.05) is 72.4 Å². The first-order chi connectivity index (χ1) is 18.4. The summed E-state index contributed by atoms with van der Waals surface area (Å²) < 4.78 is 64.5. The van der Waals surface area contributed by atoms with Crippen molar-refractivity contribution < 1.29 is 42.0 Å². The second-order valence-corrected chi connectivity index (χ2v) is 11.2. The van der Waals surface area contributed by atoms with Gasteiger partial charge in [-0.2, -0.15) is 13.2 Å². The molecule has 2 aliphatic rings. The number of fused-ring (bicyclic) bond motifs is 1. The molecule has 2 heterocycles. The predicted molar refractivity (Wildman–Crippen MR) is 139 cm³/mol. The molecular formula is C27H31F3N2O6S. The summed E-state index contributed by atoms with van der Waals surface area (Å²) in [5.41, 5.74) is -0.235. The van der Waals surface area contributed by atoms with Gasteiger partial charge >= 0.3 is 12.3 Å². The maximum Gasteiger partial charge on any atom is 0.417 e. The molecule has 2 aliphatic heterocycles. The number of carbonyl (C=O) groups is 1. The van der Waals surface area contributed by atoms with Gasteiger partial charge in [0.05, 0.1) is 13.2 Å². The molecule has 6 unspecified atom stereocenters. The predicted octanol–water partition coefficient (Wildman–Crippen LogP) is 4.80. The van der Waals surface area contributed by atoms with E-state index in [2.05, 4.69) is 10.3 Å². The van der Waals surface area contributed by atoms with Gasteiger partial charge in [-0.25, -0.2) is 4.79 Å². The van der Waals surface area contributed by atoms with E-state index in [1.807, 2.05) is 36.4 Å². The van der Waals surface area contributed by atoms with Crippen LogP contribution in [0.15, 0.2) is 65.7 Å². The van der Waals surface area contributed by atoms with Crippen LogP contribution in [0.1, 0.15) is 31.9 Å². The minimum Gasteiger partial charge on any atom is -0.444 e. The molecule has 6 atom stereocenters. The molecule has 39 heavy (non-hydrogen) atoms. The van der Waals surface area contributed by atoms with E-state index >= 15 is 0 Å². The van der Waals surface area contributed by atoms with Gasteiger partial charge in [0.1, 0.15) is 35.4 Å². The zero-order chi connectivity index (χ0) is 28.2. The summed E-state index contributed by atoms with van der Waals surface area (Å²) in [7, 11) is 0. The van der Waals surface area contributed by atoms with Crippen LogP contribution in [0.4, 0.5) is 18.0 Å². The lowest BCUT2D eigenvalue weighted by atomic mass is 9.93. The Morgan fingerprint density at radius 1 is 1.00 bits per heavy atom. The monoisotopic (exact) mass is 568 g/mol. The van der Waals surface area contributed by atoms with E-state index in [0.29, 0.717) is 0 Å². The van der Waals surface area contributed by atoms with Crippen molar-refractivity contribution in [3.05, 3.63) is 71.8 Å². The lowest BCUT2D eigenvalue weighted by Gasteiger charge is -2.44. The summed E-state index contributed by atoms with van der Waals surface area (Å²) in [6.45, 7) is 5.11. The van der Waals surface area contributed by atoms with E-state index in [1.165, 1.54) is 0 Å². The molecule has 2 N–H and O–H groups in total. The molecule has 4 rings (SSSR count). The number of halogens is 3. The molecule has 12 heteroatoms. The van der Waals surface area contributed by atoms with Crippen molar-refractivity contribution >= 4 is 23.0 Å². The fraction of sp³-hybridized carbons (Fsp3) is 0.481. The maximum absolute atomic E-state index is 13.8. The Bertz CT molecular complexity index is 1130. The van der Waals surface area contributed by atoms with Crippen LogP contribution in [0.25, 0.3) is 0 Å². The first kappa shape index (κ1) is 29.3. The molecule has 8 nitrogen and oxygen atoms in total. The zero-order valence-electron chi connectivity index (χ0n) is 21.6. The van der Waals surface area contributed by atoms with Crippen LogP contribution in [-0.2, 0) is 32.2 Å². The molecule has 0 bridgehead atoms. The van der Waals surface area contributed by atoms with Gasteiger partial charge in [0.25, 0.3) is 0 Å². The Hall–Kier alpha value is -2.64. The lowest BCUT2D eigenvalue weighted by molar-refractivity contribution is -0.283. The van der Waals surface area contributed by atoms with Gasteiger partial charge in [0, 0.05) is 0 Å². The minimum absolute atomic E-state index is 0.0433. The SMILES string of the molecule is CC(C)(C)OC(=O)NC1=NC2C(OC(C(O)C(F)(F)F)C(OCc3ccccc3)C2OCc2ccccc2)S1. The molecule has 0 aliphatic carbocycles. The summed E-state index contributed by atoms with van der Waals surface area (Å²) >= 11 is 0.924. The molecular weight excluding hydrogens is 537 g/mol. The Balaban J connectivity index is 1.63. The molecule has 1 saturated heterocycles. The van der Waals surface area contributed by atoms with E-state index in [-0.39, 0.29) is 18.4 Å². The molecule has 0 spiro atoms. The number of aliphatic hydroxyl groups excluding tert-OH is 1. The van der Waals surface area contributed by atoms with Gasteiger partial charge in [-0.15, -0.1) is 0 Å². The fourth-order valence-electron chi connectivity index (χ4n) is 4.17. The molecule has 1 fully saturated rings. The topological polar surface area (TPSA) is 98.6 Å². The van der Waals surface area contributed by atoms with E-state index < -0.39 is 53.8 Å². The third kappa shape index (κ3) is 7.95. The lowest BCUT2D eigenvalue weighted by Crippen LogP contribution is -2.62. The average Bonchev–Trinajstić information content (AvgIpc) is 3.26. The number of hydrogen-bond acceptors (Lipinski definition) is 8. The highest BCUT2D eigenvalue weighted by molar-refractivity contribution is 8.14. The van der Waals surface area contributed by atoms with Crippen LogP contribution in [0.3, 0.4) is 0 Å². The summed E-state index contributed by atoms with van der Waals surface area (Å²) in [6.07, 6.45) is -12.8. The van der Waals surface area contributed by atoms with Crippen molar-refractivity contribution in [2.24, 2.45) is 4.99 Å². The number of thioether (sulfide) groups is 1. The number of alkyl halides is 3. The highest BCUT2D eigenvalue weighted by Gasteiger charge is 2.57. The van der Waals surface area contributed by atoms with E-state index in [1.54, 1.807) is 45.0 Å². The van der Waals surface area contributed by atoms with E-state index in [0.717, 1.165) is 22.9 Å². The fourth-order valence-corrected chi connectivity index (χ4v) is 5.25. The number of aliphatic hydroxyl groups is 1. The van der Waals surface area contributed by atoms with Gasteiger partial charge in [-0.05, 0) is 31.9 Å². The normalized spacial score (nSPS) is 25.9. The van der Waals surface area contributed by atoms with Crippen molar-refractivity contribution in [2.75, 3.05) is 0 Å². The summed E-state index contributed by atoms with van der Waals surface area (Å²) in [6, 6.07) is 17.2. The van der Waals surface area contributed by atoms with Crippen molar-refractivity contribution in [3.63, 3.8) is 0 Å². The van der Waals surface area contributed by atoms with Crippen molar-refractivity contribution in [1.29, 1.82) is 0 Å². The highest BCUT2D eigenvalue weighted by Crippen LogP contribution is 2.42. The van der Waals surface area contributed by atoms with Crippen LogP contribution in [0, 0.1) is 0 Å². The number of carbonyl (C=O) groups excluding carboxylic acids is 1. The number of aliphatic imine (C=N–C) groups is 1.